The molecular weight excluding hydrogens is 348 g/mol. The van der Waals surface area contributed by atoms with E-state index in [1.165, 1.54) is 22.3 Å². The first kappa shape index (κ1) is 19.6. The van der Waals surface area contributed by atoms with Crippen LogP contribution in [0.5, 0.6) is 5.75 Å². The average molecular weight is 377 g/mol. The molecule has 0 amide bonds. The molecule has 0 saturated heterocycles. The first-order valence-corrected chi connectivity index (χ1v) is 10.6. The van der Waals surface area contributed by atoms with Crippen LogP contribution in [0.4, 0.5) is 0 Å². The monoisotopic (exact) mass is 376 g/mol. The first-order valence-electron chi connectivity index (χ1n) is 9.60. The molecule has 0 bridgehead atoms. The molecule has 0 saturated carbocycles. The minimum Gasteiger partial charge on any atom is -0.493 e. The summed E-state index contributed by atoms with van der Waals surface area (Å²) in [5.41, 5.74) is 5.38. The number of hydrogen-bond donors (Lipinski definition) is 0. The smallest absolute Gasteiger partial charge is 0.119 e. The lowest BCUT2D eigenvalue weighted by Crippen LogP contribution is -2.05. The van der Waals surface area contributed by atoms with E-state index >= 15 is 0 Å². The van der Waals surface area contributed by atoms with E-state index in [4.69, 9.17) is 4.74 Å². The van der Waals surface area contributed by atoms with Gasteiger partial charge in [-0.3, -0.25) is 0 Å². The highest BCUT2D eigenvalue weighted by atomic mass is 32.2. The van der Waals surface area contributed by atoms with Crippen molar-refractivity contribution in [2.24, 2.45) is 0 Å². The molecule has 140 valence electrons. The summed E-state index contributed by atoms with van der Waals surface area (Å²) < 4.78 is 6.02. The Kier molecular flexibility index (Phi) is 7.00. The van der Waals surface area contributed by atoms with Gasteiger partial charge in [0, 0.05) is 5.75 Å². The molecule has 27 heavy (non-hydrogen) atoms. The molecule has 0 heterocycles. The van der Waals surface area contributed by atoms with Gasteiger partial charge in [0.2, 0.25) is 0 Å². The Balaban J connectivity index is 1.61. The van der Waals surface area contributed by atoms with Crippen molar-refractivity contribution in [1.29, 1.82) is 0 Å². The first-order chi connectivity index (χ1) is 13.1. The van der Waals surface area contributed by atoms with E-state index in [2.05, 4.69) is 99.6 Å². The summed E-state index contributed by atoms with van der Waals surface area (Å²) in [6.07, 6.45) is 0. The normalized spacial score (nSPS) is 11.1. The third-order valence-electron chi connectivity index (χ3n) is 4.70. The zero-order chi connectivity index (χ0) is 19.1. The van der Waals surface area contributed by atoms with Crippen LogP contribution in [0.1, 0.15) is 47.3 Å². The Morgan fingerprint density at radius 3 is 1.93 bits per heavy atom. The predicted octanol–water partition coefficient (Wildman–Crippen LogP) is 7.02. The number of ether oxygens (including phenoxy) is 1. The van der Waals surface area contributed by atoms with Crippen LogP contribution in [0.3, 0.4) is 0 Å². The van der Waals surface area contributed by atoms with Crippen LogP contribution in [0.2, 0.25) is 0 Å². The van der Waals surface area contributed by atoms with Crippen LogP contribution in [-0.4, -0.2) is 12.4 Å². The van der Waals surface area contributed by atoms with Crippen molar-refractivity contribution in [2.75, 3.05) is 12.4 Å². The molecule has 3 aromatic rings. The van der Waals surface area contributed by atoms with E-state index in [9.17, 15) is 0 Å². The molecule has 3 aromatic carbocycles. The van der Waals surface area contributed by atoms with Crippen LogP contribution in [0, 0.1) is 6.92 Å². The fraction of sp³-hybridized carbons (Fsp3) is 0.280. The van der Waals surface area contributed by atoms with Crippen molar-refractivity contribution < 1.29 is 4.74 Å². The molecule has 0 aromatic heterocycles. The minimum atomic E-state index is 0.334. The Bertz CT molecular complexity index is 788. The van der Waals surface area contributed by atoms with Crippen LogP contribution >= 0.6 is 11.8 Å². The van der Waals surface area contributed by atoms with Crippen LogP contribution in [0.25, 0.3) is 0 Å². The van der Waals surface area contributed by atoms with E-state index < -0.39 is 0 Å². The van der Waals surface area contributed by atoms with Crippen molar-refractivity contribution in [2.45, 2.75) is 31.9 Å². The summed E-state index contributed by atoms with van der Waals surface area (Å²) in [6.45, 7) is 7.33. The van der Waals surface area contributed by atoms with Gasteiger partial charge in [0.1, 0.15) is 5.75 Å². The van der Waals surface area contributed by atoms with Gasteiger partial charge in [0.25, 0.3) is 0 Å². The Hall–Kier alpha value is -2.19. The molecule has 0 aliphatic heterocycles. The highest BCUT2D eigenvalue weighted by Crippen LogP contribution is 2.35. The van der Waals surface area contributed by atoms with Gasteiger partial charge in [0.05, 0.1) is 11.9 Å². The molecule has 0 N–H and O–H groups in total. The Labute approximate surface area is 167 Å². The van der Waals surface area contributed by atoms with Crippen molar-refractivity contribution in [3.05, 3.63) is 101 Å². The minimum absolute atomic E-state index is 0.334. The SMILES string of the molecule is Cc1cc(OCCSC(c2ccccc2)c2ccccc2)ccc1C(C)C. The average Bonchev–Trinajstić information content (AvgIpc) is 2.69. The maximum atomic E-state index is 6.02. The van der Waals surface area contributed by atoms with Gasteiger partial charge in [-0.1, -0.05) is 80.6 Å². The lowest BCUT2D eigenvalue weighted by Gasteiger charge is -2.18. The third kappa shape index (κ3) is 5.40. The second-order valence-corrected chi connectivity index (χ2v) is 8.31. The molecule has 0 unspecified atom stereocenters. The number of thioether (sulfide) groups is 1. The van der Waals surface area contributed by atoms with Gasteiger partial charge < -0.3 is 4.74 Å². The van der Waals surface area contributed by atoms with E-state index in [-0.39, 0.29) is 0 Å². The van der Waals surface area contributed by atoms with E-state index in [0.717, 1.165) is 11.5 Å². The highest BCUT2D eigenvalue weighted by Gasteiger charge is 2.14. The van der Waals surface area contributed by atoms with Gasteiger partial charge in [-0.15, -0.1) is 11.8 Å². The second-order valence-electron chi connectivity index (χ2n) is 7.09. The molecule has 1 nitrogen and oxygen atoms in total. The topological polar surface area (TPSA) is 9.23 Å². The van der Waals surface area contributed by atoms with Gasteiger partial charge in [0.15, 0.2) is 0 Å². The zero-order valence-corrected chi connectivity index (χ0v) is 17.2. The predicted molar refractivity (Wildman–Crippen MR) is 118 cm³/mol. The molecule has 0 radical (unpaired) electrons. The van der Waals surface area contributed by atoms with E-state index in [0.29, 0.717) is 17.8 Å². The number of rotatable bonds is 8. The number of hydrogen-bond acceptors (Lipinski definition) is 2. The van der Waals surface area contributed by atoms with Crippen molar-refractivity contribution >= 4 is 11.8 Å². The van der Waals surface area contributed by atoms with E-state index in [1.54, 1.807) is 0 Å². The van der Waals surface area contributed by atoms with Crippen LogP contribution in [0.15, 0.2) is 78.9 Å². The third-order valence-corrected chi connectivity index (χ3v) is 5.98. The highest BCUT2D eigenvalue weighted by molar-refractivity contribution is 7.99. The van der Waals surface area contributed by atoms with Gasteiger partial charge in [-0.05, 0) is 47.2 Å². The molecule has 3 rings (SSSR count). The molecule has 0 fully saturated rings. The molecule has 0 atom stereocenters. The molecule has 2 heteroatoms. The molecule has 0 spiro atoms. The Morgan fingerprint density at radius 2 is 1.41 bits per heavy atom. The van der Waals surface area contributed by atoms with Crippen molar-refractivity contribution in [3.8, 4) is 5.75 Å². The fourth-order valence-electron chi connectivity index (χ4n) is 3.35. The van der Waals surface area contributed by atoms with Crippen molar-refractivity contribution in [3.63, 3.8) is 0 Å². The van der Waals surface area contributed by atoms with Crippen LogP contribution in [-0.2, 0) is 0 Å². The lowest BCUT2D eigenvalue weighted by molar-refractivity contribution is 0.343. The van der Waals surface area contributed by atoms with E-state index in [1.807, 2.05) is 11.8 Å². The molecular formula is C25H28OS. The van der Waals surface area contributed by atoms with Crippen LogP contribution < -0.4 is 4.74 Å². The maximum Gasteiger partial charge on any atom is 0.119 e. The second kappa shape index (κ2) is 9.66. The number of aryl methyl sites for hydroxylation is 1. The summed E-state index contributed by atoms with van der Waals surface area (Å²) in [4.78, 5) is 0. The zero-order valence-electron chi connectivity index (χ0n) is 16.4. The summed E-state index contributed by atoms with van der Waals surface area (Å²) in [5, 5.41) is 0.334. The number of benzene rings is 3. The quantitative estimate of drug-likeness (QED) is 0.391. The summed E-state index contributed by atoms with van der Waals surface area (Å²) in [7, 11) is 0. The van der Waals surface area contributed by atoms with Gasteiger partial charge >= 0.3 is 0 Å². The van der Waals surface area contributed by atoms with Crippen molar-refractivity contribution in [1.82, 2.24) is 0 Å². The largest absolute Gasteiger partial charge is 0.493 e. The molecule has 0 aliphatic rings. The summed E-state index contributed by atoms with van der Waals surface area (Å²) >= 11 is 1.93. The fourth-order valence-corrected chi connectivity index (χ4v) is 4.47. The summed E-state index contributed by atoms with van der Waals surface area (Å²) in [6, 6.07) is 27.9. The standard InChI is InChI=1S/C25H28OS/c1-19(2)24-15-14-23(18-20(24)3)26-16-17-27-25(21-10-6-4-7-11-21)22-12-8-5-9-13-22/h4-15,18-19,25H,16-17H2,1-3H3. The summed E-state index contributed by atoms with van der Waals surface area (Å²) in [5.74, 6) is 2.46. The lowest BCUT2D eigenvalue weighted by atomic mass is 9.98. The van der Waals surface area contributed by atoms with Gasteiger partial charge in [-0.25, -0.2) is 0 Å². The van der Waals surface area contributed by atoms with Gasteiger partial charge in [-0.2, -0.15) is 0 Å². The maximum absolute atomic E-state index is 6.02. The molecule has 0 aliphatic carbocycles. The Morgan fingerprint density at radius 1 is 0.815 bits per heavy atom.